The maximum Gasteiger partial charge on any atom is 0.227 e. The molecular weight excluding hydrogens is 384 g/mol. The van der Waals surface area contributed by atoms with E-state index in [2.05, 4.69) is 38.0 Å². The van der Waals surface area contributed by atoms with Crippen molar-refractivity contribution in [2.24, 2.45) is 5.41 Å². The van der Waals surface area contributed by atoms with Crippen molar-refractivity contribution in [3.05, 3.63) is 41.1 Å². The van der Waals surface area contributed by atoms with E-state index in [9.17, 15) is 4.79 Å². The predicted molar refractivity (Wildman–Crippen MR) is 115 cm³/mol. The Morgan fingerprint density at radius 1 is 1.31 bits per heavy atom. The van der Waals surface area contributed by atoms with E-state index in [0.717, 1.165) is 46.3 Å². The number of thioether (sulfide) groups is 1. The SMILES string of the molecule is CCCOc1cccc(C2C3=C(CC(C)(C)CC3=O)Nc3nc(SCC)nn32)c1. The summed E-state index contributed by atoms with van der Waals surface area (Å²) in [6.07, 6.45) is 2.31. The van der Waals surface area contributed by atoms with Crippen LogP contribution in [-0.4, -0.2) is 32.9 Å². The van der Waals surface area contributed by atoms with Gasteiger partial charge in [-0.2, -0.15) is 4.98 Å². The molecule has 6 nitrogen and oxygen atoms in total. The Balaban J connectivity index is 1.82. The van der Waals surface area contributed by atoms with Gasteiger partial charge in [-0.25, -0.2) is 4.68 Å². The number of hydrogen-bond donors (Lipinski definition) is 1. The standard InChI is InChI=1S/C22H28N4O2S/c1-5-10-28-15-9-7-8-14(11-15)19-18-16(12-22(3,4)13-17(18)27)23-20-24-21(29-6-2)25-26(19)20/h7-9,11,19H,5-6,10,12-13H2,1-4H3,(H,23,24,25). The van der Waals surface area contributed by atoms with Crippen LogP contribution in [0.5, 0.6) is 5.75 Å². The van der Waals surface area contributed by atoms with E-state index in [0.29, 0.717) is 19.0 Å². The van der Waals surface area contributed by atoms with E-state index >= 15 is 0 Å². The van der Waals surface area contributed by atoms with Gasteiger partial charge < -0.3 is 10.1 Å². The monoisotopic (exact) mass is 412 g/mol. The summed E-state index contributed by atoms with van der Waals surface area (Å²) < 4.78 is 7.72. The first-order valence-electron chi connectivity index (χ1n) is 10.3. The predicted octanol–water partition coefficient (Wildman–Crippen LogP) is 4.84. The Morgan fingerprint density at radius 2 is 2.14 bits per heavy atom. The molecule has 2 aliphatic rings. The molecule has 0 saturated heterocycles. The molecule has 1 aromatic carbocycles. The molecule has 154 valence electrons. The van der Waals surface area contributed by atoms with Crippen LogP contribution in [0.2, 0.25) is 0 Å². The van der Waals surface area contributed by atoms with Crippen molar-refractivity contribution in [2.45, 2.75) is 58.2 Å². The number of Topliss-reactive ketones (excluding diaryl/α,β-unsaturated/α-hetero) is 1. The summed E-state index contributed by atoms with van der Waals surface area (Å²) >= 11 is 1.60. The molecule has 0 amide bonds. The van der Waals surface area contributed by atoms with E-state index < -0.39 is 0 Å². The second-order valence-electron chi connectivity index (χ2n) is 8.38. The van der Waals surface area contributed by atoms with Crippen molar-refractivity contribution in [3.8, 4) is 5.75 Å². The summed E-state index contributed by atoms with van der Waals surface area (Å²) in [5, 5.41) is 8.87. The first kappa shape index (κ1) is 20.0. The Labute approximate surface area is 176 Å². The molecule has 2 aromatic rings. The zero-order valence-corrected chi connectivity index (χ0v) is 18.3. The number of hydrogen-bond acceptors (Lipinski definition) is 6. The lowest BCUT2D eigenvalue weighted by Gasteiger charge is -2.38. The minimum absolute atomic E-state index is 0.0667. The third kappa shape index (κ3) is 3.92. The van der Waals surface area contributed by atoms with Gasteiger partial charge in [0.05, 0.1) is 6.61 Å². The number of ketones is 1. The number of ether oxygens (including phenoxy) is 1. The fourth-order valence-electron chi connectivity index (χ4n) is 4.08. The number of fused-ring (bicyclic) bond motifs is 1. The molecule has 1 aromatic heterocycles. The number of aromatic nitrogens is 3. The minimum atomic E-state index is -0.284. The Bertz CT molecular complexity index is 963. The minimum Gasteiger partial charge on any atom is -0.494 e. The van der Waals surface area contributed by atoms with E-state index in [1.165, 1.54) is 0 Å². The van der Waals surface area contributed by atoms with Crippen molar-refractivity contribution in [1.82, 2.24) is 14.8 Å². The highest BCUT2D eigenvalue weighted by Crippen LogP contribution is 2.45. The molecule has 0 fully saturated rings. The molecule has 0 saturated carbocycles. The van der Waals surface area contributed by atoms with Gasteiger partial charge in [-0.05, 0) is 41.7 Å². The van der Waals surface area contributed by atoms with Crippen LogP contribution in [0.3, 0.4) is 0 Å². The smallest absolute Gasteiger partial charge is 0.227 e. The molecule has 0 radical (unpaired) electrons. The Morgan fingerprint density at radius 3 is 2.90 bits per heavy atom. The van der Waals surface area contributed by atoms with Crippen LogP contribution in [0.15, 0.2) is 40.7 Å². The van der Waals surface area contributed by atoms with Gasteiger partial charge in [0.25, 0.3) is 0 Å². The summed E-state index contributed by atoms with van der Waals surface area (Å²) in [6.45, 7) is 9.12. The number of nitrogens with one attached hydrogen (secondary N) is 1. The van der Waals surface area contributed by atoms with Crippen molar-refractivity contribution in [1.29, 1.82) is 0 Å². The fourth-order valence-corrected chi connectivity index (χ4v) is 4.64. The molecule has 7 heteroatoms. The highest BCUT2D eigenvalue weighted by Gasteiger charge is 2.41. The molecular formula is C22H28N4O2S. The number of nitrogens with zero attached hydrogens (tertiary/aromatic N) is 3. The molecule has 1 N–H and O–H groups in total. The van der Waals surface area contributed by atoms with Crippen molar-refractivity contribution >= 4 is 23.5 Å². The number of benzene rings is 1. The lowest BCUT2D eigenvalue weighted by Crippen LogP contribution is -2.36. The van der Waals surface area contributed by atoms with Gasteiger partial charge in [0.15, 0.2) is 5.78 Å². The normalized spacial score (nSPS) is 20.1. The average Bonchev–Trinajstić information content (AvgIpc) is 3.06. The number of anilines is 1. The highest BCUT2D eigenvalue weighted by molar-refractivity contribution is 7.99. The molecule has 1 aliphatic carbocycles. The van der Waals surface area contributed by atoms with Crippen LogP contribution in [0, 0.1) is 5.41 Å². The van der Waals surface area contributed by atoms with Gasteiger partial charge in [0, 0.05) is 17.7 Å². The van der Waals surface area contributed by atoms with Crippen LogP contribution in [-0.2, 0) is 4.79 Å². The third-order valence-electron chi connectivity index (χ3n) is 5.23. The maximum atomic E-state index is 13.2. The van der Waals surface area contributed by atoms with Gasteiger partial charge in [0.1, 0.15) is 11.8 Å². The molecule has 2 heterocycles. The van der Waals surface area contributed by atoms with Crippen molar-refractivity contribution in [3.63, 3.8) is 0 Å². The second-order valence-corrected chi connectivity index (χ2v) is 9.61. The average molecular weight is 413 g/mol. The maximum absolute atomic E-state index is 13.2. The largest absolute Gasteiger partial charge is 0.494 e. The topological polar surface area (TPSA) is 69.0 Å². The van der Waals surface area contributed by atoms with Crippen LogP contribution in [0.25, 0.3) is 0 Å². The molecule has 1 aliphatic heterocycles. The lowest BCUT2D eigenvalue weighted by molar-refractivity contribution is -0.118. The summed E-state index contributed by atoms with van der Waals surface area (Å²) in [7, 11) is 0. The highest BCUT2D eigenvalue weighted by atomic mass is 32.2. The summed E-state index contributed by atoms with van der Waals surface area (Å²) in [5.41, 5.74) is 2.72. The van der Waals surface area contributed by atoms with Gasteiger partial charge >= 0.3 is 0 Å². The van der Waals surface area contributed by atoms with Crippen LogP contribution in [0.1, 0.15) is 58.6 Å². The Kier molecular flexibility index (Phi) is 5.42. The summed E-state index contributed by atoms with van der Waals surface area (Å²) in [6, 6.07) is 7.74. The number of rotatable bonds is 6. The van der Waals surface area contributed by atoms with Crippen LogP contribution >= 0.6 is 11.8 Å². The molecule has 0 bridgehead atoms. The molecule has 1 unspecified atom stereocenters. The lowest BCUT2D eigenvalue weighted by atomic mass is 9.73. The number of allylic oxidation sites excluding steroid dienone is 2. The zero-order valence-electron chi connectivity index (χ0n) is 17.5. The van der Waals surface area contributed by atoms with Crippen LogP contribution in [0.4, 0.5) is 5.95 Å². The number of carbonyl (C=O) groups is 1. The fraction of sp³-hybridized carbons (Fsp3) is 0.500. The Hall–Kier alpha value is -2.28. The van der Waals surface area contributed by atoms with E-state index in [4.69, 9.17) is 9.84 Å². The number of carbonyl (C=O) groups excluding carboxylic acids is 1. The third-order valence-corrected chi connectivity index (χ3v) is 5.95. The zero-order chi connectivity index (χ0) is 20.6. The second kappa shape index (κ2) is 7.86. The van der Waals surface area contributed by atoms with E-state index in [1.54, 1.807) is 11.8 Å². The van der Waals surface area contributed by atoms with Crippen molar-refractivity contribution in [2.75, 3.05) is 17.7 Å². The molecule has 29 heavy (non-hydrogen) atoms. The summed E-state index contributed by atoms with van der Waals surface area (Å²) in [4.78, 5) is 17.9. The van der Waals surface area contributed by atoms with Gasteiger partial charge in [0.2, 0.25) is 11.1 Å². The van der Waals surface area contributed by atoms with Gasteiger partial charge in [-0.3, -0.25) is 4.79 Å². The van der Waals surface area contributed by atoms with Crippen LogP contribution < -0.4 is 10.1 Å². The van der Waals surface area contributed by atoms with E-state index in [1.807, 2.05) is 28.9 Å². The molecule has 0 spiro atoms. The first-order chi connectivity index (χ1) is 13.9. The molecule has 1 atom stereocenters. The first-order valence-corrected chi connectivity index (χ1v) is 11.3. The van der Waals surface area contributed by atoms with Crippen molar-refractivity contribution < 1.29 is 9.53 Å². The van der Waals surface area contributed by atoms with Gasteiger partial charge in [-0.15, -0.1) is 5.10 Å². The molecule has 4 rings (SSSR count). The quantitative estimate of drug-likeness (QED) is 0.685. The van der Waals surface area contributed by atoms with E-state index in [-0.39, 0.29) is 17.2 Å². The van der Waals surface area contributed by atoms with Gasteiger partial charge in [-0.1, -0.05) is 51.6 Å². The summed E-state index contributed by atoms with van der Waals surface area (Å²) in [5.74, 6) is 2.60.